The van der Waals surface area contributed by atoms with Crippen LogP contribution in [-0.2, 0) is 17.4 Å². The highest BCUT2D eigenvalue weighted by atomic mass is 35.5. The average molecular weight is 316 g/mol. The van der Waals surface area contributed by atoms with Crippen LogP contribution in [0.5, 0.6) is 0 Å². The predicted octanol–water partition coefficient (Wildman–Crippen LogP) is 4.05. The van der Waals surface area contributed by atoms with Crippen LogP contribution in [0.25, 0.3) is 11.1 Å². The van der Waals surface area contributed by atoms with Gasteiger partial charge in [-0.3, -0.25) is 4.79 Å². The van der Waals surface area contributed by atoms with Crippen molar-refractivity contribution in [2.24, 2.45) is 0 Å². The lowest BCUT2D eigenvalue weighted by Crippen LogP contribution is -2.06. The molecule has 0 atom stereocenters. The van der Waals surface area contributed by atoms with Crippen LogP contribution in [0.3, 0.4) is 0 Å². The first-order chi connectivity index (χ1) is 9.79. The molecule has 0 spiro atoms. The van der Waals surface area contributed by atoms with E-state index in [-0.39, 0.29) is 22.7 Å². The zero-order chi connectivity index (χ0) is 15.6. The summed E-state index contributed by atoms with van der Waals surface area (Å²) >= 11 is 5.93. The number of nitrogens with zero attached hydrogens (tertiary/aromatic N) is 1. The predicted molar refractivity (Wildman–Crippen MR) is 71.0 cm³/mol. The molecule has 2 aromatic rings. The molecule has 21 heavy (non-hydrogen) atoms. The molecule has 0 bridgehead atoms. The SMILES string of the molecule is O=C(O)Cc1ccnc(Cl)c1-c1cccc(C(F)(F)F)c1. The van der Waals surface area contributed by atoms with Gasteiger partial charge >= 0.3 is 12.1 Å². The Bertz CT molecular complexity index is 686. The van der Waals surface area contributed by atoms with Crippen LogP contribution in [0.15, 0.2) is 36.5 Å². The van der Waals surface area contributed by atoms with Crippen LogP contribution < -0.4 is 0 Å². The molecular formula is C14H9ClF3NO2. The lowest BCUT2D eigenvalue weighted by molar-refractivity contribution is -0.138. The number of pyridine rings is 1. The van der Waals surface area contributed by atoms with E-state index >= 15 is 0 Å². The van der Waals surface area contributed by atoms with Gasteiger partial charge in [0.25, 0.3) is 0 Å². The number of hydrogen-bond donors (Lipinski definition) is 1. The Labute approximate surface area is 123 Å². The van der Waals surface area contributed by atoms with Gasteiger partial charge in [0.1, 0.15) is 5.15 Å². The number of carbonyl (C=O) groups is 1. The lowest BCUT2D eigenvalue weighted by Gasteiger charge is -2.12. The van der Waals surface area contributed by atoms with Crippen LogP contribution in [-0.4, -0.2) is 16.1 Å². The molecule has 0 aliphatic carbocycles. The molecule has 110 valence electrons. The van der Waals surface area contributed by atoms with Crippen molar-refractivity contribution in [2.45, 2.75) is 12.6 Å². The Morgan fingerprint density at radius 3 is 2.62 bits per heavy atom. The molecule has 0 radical (unpaired) electrons. The number of benzene rings is 1. The number of carboxylic acids is 1. The monoisotopic (exact) mass is 315 g/mol. The van der Waals surface area contributed by atoms with Crippen LogP contribution in [0.2, 0.25) is 5.15 Å². The first-order valence-corrected chi connectivity index (χ1v) is 6.19. The van der Waals surface area contributed by atoms with Crippen molar-refractivity contribution in [3.05, 3.63) is 52.8 Å². The van der Waals surface area contributed by atoms with E-state index in [9.17, 15) is 18.0 Å². The molecule has 1 N–H and O–H groups in total. The van der Waals surface area contributed by atoms with E-state index in [1.807, 2.05) is 0 Å². The first kappa shape index (κ1) is 15.3. The molecule has 0 unspecified atom stereocenters. The molecule has 1 heterocycles. The molecule has 0 fully saturated rings. The highest BCUT2D eigenvalue weighted by Gasteiger charge is 2.30. The summed E-state index contributed by atoms with van der Waals surface area (Å²) < 4.78 is 38.3. The van der Waals surface area contributed by atoms with E-state index in [1.54, 1.807) is 0 Å². The second kappa shape index (κ2) is 5.73. The van der Waals surface area contributed by atoms with Crippen molar-refractivity contribution in [3.63, 3.8) is 0 Å². The minimum atomic E-state index is -4.49. The molecule has 1 aromatic carbocycles. The summed E-state index contributed by atoms with van der Waals surface area (Å²) in [5.41, 5.74) is -0.144. The molecular weight excluding hydrogens is 307 g/mol. The lowest BCUT2D eigenvalue weighted by atomic mass is 9.98. The van der Waals surface area contributed by atoms with Crippen LogP contribution in [0, 0.1) is 0 Å². The van der Waals surface area contributed by atoms with Gasteiger partial charge in [-0.05, 0) is 29.3 Å². The summed E-state index contributed by atoms with van der Waals surface area (Å²) in [4.78, 5) is 14.7. The zero-order valence-electron chi connectivity index (χ0n) is 10.5. The molecule has 3 nitrogen and oxygen atoms in total. The first-order valence-electron chi connectivity index (χ1n) is 5.82. The quantitative estimate of drug-likeness (QED) is 0.869. The second-order valence-electron chi connectivity index (χ2n) is 4.28. The number of halogens is 4. The topological polar surface area (TPSA) is 50.2 Å². The van der Waals surface area contributed by atoms with Gasteiger partial charge < -0.3 is 5.11 Å². The van der Waals surface area contributed by atoms with E-state index in [1.165, 1.54) is 24.4 Å². The maximum Gasteiger partial charge on any atom is 0.416 e. The fourth-order valence-corrected chi connectivity index (χ4v) is 2.23. The molecule has 0 saturated carbocycles. The van der Waals surface area contributed by atoms with Gasteiger partial charge in [-0.1, -0.05) is 23.7 Å². The van der Waals surface area contributed by atoms with E-state index < -0.39 is 17.7 Å². The molecule has 0 saturated heterocycles. The third-order valence-electron chi connectivity index (χ3n) is 2.81. The van der Waals surface area contributed by atoms with Gasteiger partial charge in [0.15, 0.2) is 0 Å². The summed E-state index contributed by atoms with van der Waals surface area (Å²) in [7, 11) is 0. The molecule has 0 aliphatic heterocycles. The molecule has 2 rings (SSSR count). The van der Waals surface area contributed by atoms with E-state index in [0.717, 1.165) is 12.1 Å². The van der Waals surface area contributed by atoms with Crippen molar-refractivity contribution in [1.82, 2.24) is 4.98 Å². The highest BCUT2D eigenvalue weighted by molar-refractivity contribution is 6.32. The molecule has 0 aliphatic rings. The number of aromatic nitrogens is 1. The Morgan fingerprint density at radius 1 is 1.29 bits per heavy atom. The van der Waals surface area contributed by atoms with Gasteiger partial charge in [0.05, 0.1) is 12.0 Å². The van der Waals surface area contributed by atoms with Crippen molar-refractivity contribution in [2.75, 3.05) is 0 Å². The number of hydrogen-bond acceptors (Lipinski definition) is 2. The standard InChI is InChI=1S/C14H9ClF3NO2/c15-13-12(9(4-5-19-13)7-11(20)21)8-2-1-3-10(6-8)14(16,17)18/h1-6H,7H2,(H,20,21). The smallest absolute Gasteiger partial charge is 0.416 e. The van der Waals surface area contributed by atoms with Gasteiger partial charge in [-0.25, -0.2) is 4.98 Å². The highest BCUT2D eigenvalue weighted by Crippen LogP contribution is 2.35. The summed E-state index contributed by atoms with van der Waals surface area (Å²) in [6.45, 7) is 0. The van der Waals surface area contributed by atoms with Crippen LogP contribution in [0.4, 0.5) is 13.2 Å². The van der Waals surface area contributed by atoms with E-state index in [4.69, 9.17) is 16.7 Å². The van der Waals surface area contributed by atoms with Gasteiger partial charge in [0, 0.05) is 11.8 Å². The van der Waals surface area contributed by atoms with Crippen molar-refractivity contribution in [1.29, 1.82) is 0 Å². The Balaban J connectivity index is 2.59. The number of aliphatic carboxylic acids is 1. The van der Waals surface area contributed by atoms with Crippen molar-refractivity contribution in [3.8, 4) is 11.1 Å². The van der Waals surface area contributed by atoms with Gasteiger partial charge in [-0.15, -0.1) is 0 Å². The minimum absolute atomic E-state index is 0.0342. The average Bonchev–Trinajstić information content (AvgIpc) is 2.37. The van der Waals surface area contributed by atoms with Crippen LogP contribution >= 0.6 is 11.6 Å². The summed E-state index contributed by atoms with van der Waals surface area (Å²) in [5.74, 6) is -1.11. The number of carboxylic acid groups (broad SMARTS) is 1. The second-order valence-corrected chi connectivity index (χ2v) is 4.64. The van der Waals surface area contributed by atoms with Gasteiger partial charge in [0.2, 0.25) is 0 Å². The normalized spacial score (nSPS) is 11.4. The summed E-state index contributed by atoms with van der Waals surface area (Å²) in [6.07, 6.45) is -3.52. The van der Waals surface area contributed by atoms with E-state index in [2.05, 4.69) is 4.98 Å². The zero-order valence-corrected chi connectivity index (χ0v) is 11.2. The van der Waals surface area contributed by atoms with Crippen LogP contribution in [0.1, 0.15) is 11.1 Å². The fraction of sp³-hybridized carbons (Fsp3) is 0.143. The van der Waals surface area contributed by atoms with Crippen molar-refractivity contribution < 1.29 is 23.1 Å². The molecule has 1 aromatic heterocycles. The maximum atomic E-state index is 12.8. The van der Waals surface area contributed by atoms with E-state index in [0.29, 0.717) is 5.56 Å². The summed E-state index contributed by atoms with van der Waals surface area (Å²) in [6, 6.07) is 5.96. The summed E-state index contributed by atoms with van der Waals surface area (Å²) in [5, 5.41) is 8.84. The molecule has 7 heteroatoms. The largest absolute Gasteiger partial charge is 0.481 e. The molecule has 0 amide bonds. The fourth-order valence-electron chi connectivity index (χ4n) is 1.94. The van der Waals surface area contributed by atoms with Crippen molar-refractivity contribution >= 4 is 17.6 Å². The Kier molecular flexibility index (Phi) is 4.18. The maximum absolute atomic E-state index is 12.8. The third kappa shape index (κ3) is 3.52. The number of rotatable bonds is 3. The number of alkyl halides is 3. The Morgan fingerprint density at radius 2 is 2.00 bits per heavy atom. The Hall–Kier alpha value is -2.08. The minimum Gasteiger partial charge on any atom is -0.481 e. The third-order valence-corrected chi connectivity index (χ3v) is 3.10. The van der Waals surface area contributed by atoms with Gasteiger partial charge in [-0.2, -0.15) is 13.2 Å².